The zero-order chi connectivity index (χ0) is 18.0. The number of nitrogens with one attached hydrogen (secondary N) is 1. The van der Waals surface area contributed by atoms with Gasteiger partial charge in [0.25, 0.3) is 5.91 Å². The van der Waals surface area contributed by atoms with Crippen molar-refractivity contribution in [1.82, 2.24) is 9.88 Å². The average Bonchev–Trinajstić information content (AvgIpc) is 2.64. The van der Waals surface area contributed by atoms with Crippen molar-refractivity contribution in [2.75, 3.05) is 6.26 Å². The second-order valence-corrected chi connectivity index (χ2v) is 6.85. The van der Waals surface area contributed by atoms with E-state index in [1.54, 1.807) is 30.1 Å². The van der Waals surface area contributed by atoms with E-state index in [2.05, 4.69) is 5.32 Å². The summed E-state index contributed by atoms with van der Waals surface area (Å²) in [6, 6.07) is 15.2. The van der Waals surface area contributed by atoms with Crippen LogP contribution in [0.5, 0.6) is 0 Å². The number of aromatic nitrogens is 1. The molecule has 0 aliphatic heterocycles. The molecule has 25 heavy (non-hydrogen) atoms. The molecule has 3 rings (SSSR count). The van der Waals surface area contributed by atoms with Crippen LogP contribution in [0.1, 0.15) is 28.9 Å². The van der Waals surface area contributed by atoms with Gasteiger partial charge >= 0.3 is 0 Å². The number of benzene rings is 2. The summed E-state index contributed by atoms with van der Waals surface area (Å²) >= 11 is 1.67. The molecule has 4 nitrogen and oxygen atoms in total. The van der Waals surface area contributed by atoms with Crippen LogP contribution in [-0.4, -0.2) is 16.7 Å². The van der Waals surface area contributed by atoms with Crippen LogP contribution in [0.2, 0.25) is 0 Å². The minimum Gasteiger partial charge on any atom is -0.350 e. The topological polar surface area (TPSA) is 51.1 Å². The van der Waals surface area contributed by atoms with Gasteiger partial charge in [-0.25, -0.2) is 0 Å². The van der Waals surface area contributed by atoms with Gasteiger partial charge in [0.05, 0.1) is 11.6 Å². The predicted molar refractivity (Wildman–Crippen MR) is 103 cm³/mol. The van der Waals surface area contributed by atoms with Crippen molar-refractivity contribution in [2.45, 2.75) is 17.9 Å². The van der Waals surface area contributed by atoms with E-state index in [0.717, 1.165) is 11.1 Å². The van der Waals surface area contributed by atoms with E-state index in [-0.39, 0.29) is 22.9 Å². The number of carbonyl (C=O) groups is 1. The van der Waals surface area contributed by atoms with E-state index in [1.807, 2.05) is 61.2 Å². The number of aryl methyl sites for hydroxylation is 1. The number of amides is 1. The third-order valence-corrected chi connectivity index (χ3v) is 5.05. The van der Waals surface area contributed by atoms with E-state index >= 15 is 0 Å². The van der Waals surface area contributed by atoms with Crippen molar-refractivity contribution >= 4 is 28.6 Å². The highest BCUT2D eigenvalue weighted by Crippen LogP contribution is 2.19. The van der Waals surface area contributed by atoms with Crippen LogP contribution in [0, 0.1) is 0 Å². The molecule has 1 unspecified atom stereocenters. The first-order chi connectivity index (χ1) is 12.0. The Kier molecular flexibility index (Phi) is 4.95. The number of fused-ring (bicyclic) bond motifs is 1. The maximum atomic E-state index is 12.6. The quantitative estimate of drug-likeness (QED) is 0.728. The molecule has 0 spiro atoms. The van der Waals surface area contributed by atoms with Gasteiger partial charge in [0, 0.05) is 23.5 Å². The Morgan fingerprint density at radius 3 is 2.48 bits per heavy atom. The van der Waals surface area contributed by atoms with Crippen LogP contribution in [0.4, 0.5) is 0 Å². The van der Waals surface area contributed by atoms with Crippen LogP contribution in [-0.2, 0) is 7.05 Å². The van der Waals surface area contributed by atoms with Crippen LogP contribution in [0.25, 0.3) is 10.9 Å². The lowest BCUT2D eigenvalue weighted by atomic mass is 10.1. The molecule has 0 radical (unpaired) electrons. The lowest BCUT2D eigenvalue weighted by Crippen LogP contribution is -2.31. The molecular formula is C20H20N2O2S. The van der Waals surface area contributed by atoms with Gasteiger partial charge in [0.2, 0.25) is 5.43 Å². The van der Waals surface area contributed by atoms with Crippen molar-refractivity contribution in [3.63, 3.8) is 0 Å². The minimum atomic E-state index is -0.354. The maximum absolute atomic E-state index is 12.6. The molecule has 1 aromatic heterocycles. The molecule has 1 heterocycles. The van der Waals surface area contributed by atoms with E-state index < -0.39 is 0 Å². The number of thioether (sulfide) groups is 1. The number of nitrogens with zero attached hydrogens (tertiary/aromatic N) is 1. The summed E-state index contributed by atoms with van der Waals surface area (Å²) in [6.07, 6.45) is 3.62. The highest BCUT2D eigenvalue weighted by atomic mass is 32.2. The van der Waals surface area contributed by atoms with E-state index in [1.165, 1.54) is 4.90 Å². The Hall–Kier alpha value is -2.53. The second kappa shape index (κ2) is 7.15. The monoisotopic (exact) mass is 352 g/mol. The molecule has 0 fully saturated rings. The van der Waals surface area contributed by atoms with Crippen molar-refractivity contribution in [3.8, 4) is 0 Å². The molecule has 3 aromatic rings. The Morgan fingerprint density at radius 1 is 1.12 bits per heavy atom. The maximum Gasteiger partial charge on any atom is 0.257 e. The minimum absolute atomic E-state index is 0.161. The molecule has 0 saturated heterocycles. The molecule has 0 bridgehead atoms. The first-order valence-corrected chi connectivity index (χ1v) is 9.27. The van der Waals surface area contributed by atoms with Gasteiger partial charge in [0.15, 0.2) is 0 Å². The third-order valence-electron chi connectivity index (χ3n) is 4.30. The molecule has 1 atom stereocenters. The SMILES string of the molecule is CSc1ccc(C(C)NC(=O)c2cn(C)c3ccccc3c2=O)cc1. The highest BCUT2D eigenvalue weighted by molar-refractivity contribution is 7.98. The van der Waals surface area contributed by atoms with Crippen LogP contribution < -0.4 is 10.7 Å². The van der Waals surface area contributed by atoms with E-state index in [0.29, 0.717) is 5.39 Å². The number of hydrogen-bond donors (Lipinski definition) is 1. The summed E-state index contributed by atoms with van der Waals surface area (Å²) in [5.41, 5.74) is 1.73. The number of para-hydroxylation sites is 1. The Bertz CT molecular complexity index is 977. The van der Waals surface area contributed by atoms with E-state index in [4.69, 9.17) is 0 Å². The number of pyridine rings is 1. The van der Waals surface area contributed by atoms with Crippen molar-refractivity contribution in [3.05, 3.63) is 76.1 Å². The smallest absolute Gasteiger partial charge is 0.257 e. The molecule has 1 amide bonds. The van der Waals surface area contributed by atoms with E-state index in [9.17, 15) is 9.59 Å². The zero-order valence-electron chi connectivity index (χ0n) is 14.4. The fraction of sp³-hybridized carbons (Fsp3) is 0.200. The van der Waals surface area contributed by atoms with Crippen LogP contribution in [0.3, 0.4) is 0 Å². The summed E-state index contributed by atoms with van der Waals surface area (Å²) in [5, 5.41) is 3.47. The first kappa shape index (κ1) is 17.3. The molecule has 5 heteroatoms. The van der Waals surface area contributed by atoms with Crippen molar-refractivity contribution in [1.29, 1.82) is 0 Å². The summed E-state index contributed by atoms with van der Waals surface area (Å²) in [6.45, 7) is 1.91. The predicted octanol–water partition coefficient (Wildman–Crippen LogP) is 3.75. The van der Waals surface area contributed by atoms with Gasteiger partial charge < -0.3 is 9.88 Å². The first-order valence-electron chi connectivity index (χ1n) is 8.04. The highest BCUT2D eigenvalue weighted by Gasteiger charge is 2.17. The number of carbonyl (C=O) groups excluding carboxylic acids is 1. The number of hydrogen-bond acceptors (Lipinski definition) is 3. The second-order valence-electron chi connectivity index (χ2n) is 5.97. The normalized spacial score (nSPS) is 12.1. The fourth-order valence-electron chi connectivity index (χ4n) is 2.85. The summed E-state index contributed by atoms with van der Waals surface area (Å²) in [5.74, 6) is -0.354. The molecule has 0 aliphatic rings. The Labute approximate surface area is 150 Å². The van der Waals surface area contributed by atoms with Gasteiger partial charge in [-0.1, -0.05) is 24.3 Å². The van der Waals surface area contributed by atoms with Gasteiger partial charge in [0.1, 0.15) is 5.56 Å². The summed E-state index contributed by atoms with van der Waals surface area (Å²) < 4.78 is 1.81. The molecule has 0 aliphatic carbocycles. The standard InChI is InChI=1S/C20H20N2O2S/c1-13(14-8-10-15(25-3)11-9-14)21-20(24)17-12-22(2)18-7-5-4-6-16(18)19(17)23/h4-13H,1-3H3,(H,21,24). The Morgan fingerprint density at radius 2 is 1.80 bits per heavy atom. The molecule has 128 valence electrons. The van der Waals surface area contributed by atoms with Gasteiger partial charge in [-0.15, -0.1) is 11.8 Å². The molecule has 1 N–H and O–H groups in total. The number of rotatable bonds is 4. The van der Waals surface area contributed by atoms with Crippen molar-refractivity contribution < 1.29 is 4.79 Å². The van der Waals surface area contributed by atoms with Crippen LogP contribution >= 0.6 is 11.8 Å². The molecule has 2 aromatic carbocycles. The lowest BCUT2D eigenvalue weighted by molar-refractivity contribution is 0.0938. The summed E-state index contributed by atoms with van der Waals surface area (Å²) in [7, 11) is 1.84. The lowest BCUT2D eigenvalue weighted by Gasteiger charge is -2.15. The van der Waals surface area contributed by atoms with Gasteiger partial charge in [-0.2, -0.15) is 0 Å². The molecular weight excluding hydrogens is 332 g/mol. The average molecular weight is 352 g/mol. The molecule has 0 saturated carbocycles. The fourth-order valence-corrected chi connectivity index (χ4v) is 3.26. The Balaban J connectivity index is 1.89. The van der Waals surface area contributed by atoms with Gasteiger partial charge in [-0.05, 0) is 43.0 Å². The largest absolute Gasteiger partial charge is 0.350 e. The van der Waals surface area contributed by atoms with Crippen molar-refractivity contribution in [2.24, 2.45) is 7.05 Å². The summed E-state index contributed by atoms with van der Waals surface area (Å²) in [4.78, 5) is 26.5. The third kappa shape index (κ3) is 3.46. The van der Waals surface area contributed by atoms with Crippen LogP contribution in [0.15, 0.2) is 64.4 Å². The zero-order valence-corrected chi connectivity index (χ0v) is 15.3. The van der Waals surface area contributed by atoms with Gasteiger partial charge in [-0.3, -0.25) is 9.59 Å².